The van der Waals surface area contributed by atoms with Crippen molar-refractivity contribution in [1.29, 1.82) is 0 Å². The standard InChI is InChI=1S/C26H23FN2O5/c1-15(25(31)32)29(2)24(30)21-12-11-16(13-23(21)27)28-26(33)34-14-22-19-9-5-3-7-17(19)18-8-4-6-10-20(18)22/h3-13,15,22H,14H2,1-2H3,(H,28,33)(H,31,32). The fourth-order valence-electron chi connectivity index (χ4n) is 4.05. The summed E-state index contributed by atoms with van der Waals surface area (Å²) < 4.78 is 20.0. The fraction of sp³-hybridized carbons (Fsp3) is 0.192. The Morgan fingerprint density at radius 1 is 1.03 bits per heavy atom. The molecule has 3 aromatic carbocycles. The van der Waals surface area contributed by atoms with E-state index in [2.05, 4.69) is 5.32 Å². The number of amides is 2. The van der Waals surface area contributed by atoms with Gasteiger partial charge in [-0.3, -0.25) is 10.1 Å². The van der Waals surface area contributed by atoms with Crippen LogP contribution in [0.4, 0.5) is 14.9 Å². The number of carboxylic acids is 1. The monoisotopic (exact) mass is 462 g/mol. The van der Waals surface area contributed by atoms with E-state index in [1.807, 2.05) is 48.5 Å². The van der Waals surface area contributed by atoms with Gasteiger partial charge in [-0.1, -0.05) is 48.5 Å². The van der Waals surface area contributed by atoms with Crippen molar-refractivity contribution >= 4 is 23.7 Å². The lowest BCUT2D eigenvalue weighted by Crippen LogP contribution is -2.40. The molecule has 0 saturated carbocycles. The molecule has 4 rings (SSSR count). The van der Waals surface area contributed by atoms with Gasteiger partial charge >= 0.3 is 12.1 Å². The van der Waals surface area contributed by atoms with Gasteiger partial charge in [0.15, 0.2) is 0 Å². The van der Waals surface area contributed by atoms with E-state index < -0.39 is 29.8 Å². The van der Waals surface area contributed by atoms with Crippen molar-refractivity contribution in [2.24, 2.45) is 0 Å². The Kier molecular flexibility index (Phi) is 6.32. The number of carbonyl (C=O) groups excluding carboxylic acids is 2. The summed E-state index contributed by atoms with van der Waals surface area (Å²) in [4.78, 5) is 36.8. The molecule has 34 heavy (non-hydrogen) atoms. The highest BCUT2D eigenvalue weighted by atomic mass is 19.1. The van der Waals surface area contributed by atoms with Crippen molar-refractivity contribution in [2.75, 3.05) is 19.0 Å². The molecule has 0 aromatic heterocycles. The Morgan fingerprint density at radius 2 is 1.62 bits per heavy atom. The predicted octanol–water partition coefficient (Wildman–Crippen LogP) is 4.73. The lowest BCUT2D eigenvalue weighted by molar-refractivity contribution is -0.141. The van der Waals surface area contributed by atoms with E-state index in [4.69, 9.17) is 9.84 Å². The number of fused-ring (bicyclic) bond motifs is 3. The molecule has 0 radical (unpaired) electrons. The average molecular weight is 462 g/mol. The molecule has 2 amide bonds. The van der Waals surface area contributed by atoms with Crippen molar-refractivity contribution in [2.45, 2.75) is 18.9 Å². The van der Waals surface area contributed by atoms with Gasteiger partial charge in [0, 0.05) is 18.7 Å². The maximum atomic E-state index is 14.6. The van der Waals surface area contributed by atoms with E-state index in [1.54, 1.807) is 0 Å². The van der Waals surface area contributed by atoms with Crippen molar-refractivity contribution in [3.8, 4) is 11.1 Å². The third-order valence-corrected chi connectivity index (χ3v) is 6.05. The molecule has 1 unspecified atom stereocenters. The molecule has 0 spiro atoms. The van der Waals surface area contributed by atoms with Gasteiger partial charge in [-0.25, -0.2) is 14.0 Å². The number of nitrogens with zero attached hydrogens (tertiary/aromatic N) is 1. The van der Waals surface area contributed by atoms with Gasteiger partial charge in [-0.2, -0.15) is 0 Å². The summed E-state index contributed by atoms with van der Waals surface area (Å²) in [6.45, 7) is 1.43. The summed E-state index contributed by atoms with van der Waals surface area (Å²) in [7, 11) is 1.28. The van der Waals surface area contributed by atoms with Crippen LogP contribution in [-0.4, -0.2) is 47.7 Å². The number of carboxylic acid groups (broad SMARTS) is 1. The molecule has 1 aliphatic rings. The van der Waals surface area contributed by atoms with Gasteiger partial charge in [0.25, 0.3) is 5.91 Å². The second-order valence-electron chi connectivity index (χ2n) is 8.08. The zero-order valence-corrected chi connectivity index (χ0v) is 18.6. The normalized spacial score (nSPS) is 12.9. The average Bonchev–Trinajstić information content (AvgIpc) is 3.15. The van der Waals surface area contributed by atoms with Crippen molar-refractivity contribution in [3.63, 3.8) is 0 Å². The molecule has 1 atom stereocenters. The molecule has 0 heterocycles. The van der Waals surface area contributed by atoms with Crippen LogP contribution in [0.1, 0.15) is 34.3 Å². The van der Waals surface area contributed by atoms with Gasteiger partial charge in [0.1, 0.15) is 18.5 Å². The maximum Gasteiger partial charge on any atom is 0.411 e. The van der Waals surface area contributed by atoms with E-state index >= 15 is 0 Å². The quantitative estimate of drug-likeness (QED) is 0.552. The number of ether oxygens (including phenoxy) is 1. The zero-order chi connectivity index (χ0) is 24.4. The highest BCUT2D eigenvalue weighted by Crippen LogP contribution is 2.44. The van der Waals surface area contributed by atoms with Gasteiger partial charge in [-0.15, -0.1) is 0 Å². The molecule has 174 valence electrons. The summed E-state index contributed by atoms with van der Waals surface area (Å²) >= 11 is 0. The Labute approximate surface area is 195 Å². The van der Waals surface area contributed by atoms with Crippen LogP contribution < -0.4 is 5.32 Å². The van der Waals surface area contributed by atoms with Gasteiger partial charge in [-0.05, 0) is 47.4 Å². The van der Waals surface area contributed by atoms with Crippen LogP contribution in [0.15, 0.2) is 66.7 Å². The molecule has 0 aliphatic heterocycles. The Balaban J connectivity index is 1.42. The summed E-state index contributed by atoms with van der Waals surface area (Å²) in [6, 6.07) is 18.3. The Hall–Kier alpha value is -4.20. The lowest BCUT2D eigenvalue weighted by Gasteiger charge is -2.21. The number of carbonyl (C=O) groups is 3. The molecule has 0 fully saturated rings. The smallest absolute Gasteiger partial charge is 0.411 e. The first-order chi connectivity index (χ1) is 16.3. The molecular weight excluding hydrogens is 439 g/mol. The SMILES string of the molecule is CC(C(=O)O)N(C)C(=O)c1ccc(NC(=O)OCC2c3ccccc3-c3ccccc32)cc1F. The summed E-state index contributed by atoms with van der Waals surface area (Å²) in [5.41, 5.74) is 4.18. The van der Waals surface area contributed by atoms with Gasteiger partial charge in [0.2, 0.25) is 0 Å². The first-order valence-corrected chi connectivity index (χ1v) is 10.7. The van der Waals surface area contributed by atoms with E-state index in [0.29, 0.717) is 0 Å². The summed E-state index contributed by atoms with van der Waals surface area (Å²) in [5, 5.41) is 11.5. The Morgan fingerprint density at radius 3 is 2.18 bits per heavy atom. The van der Waals surface area contributed by atoms with Gasteiger partial charge in [0.05, 0.1) is 5.56 Å². The van der Waals surface area contributed by atoms with E-state index in [0.717, 1.165) is 33.2 Å². The van der Waals surface area contributed by atoms with Crippen LogP contribution in [0.2, 0.25) is 0 Å². The first kappa shape index (κ1) is 23.0. The number of hydrogen-bond acceptors (Lipinski definition) is 4. The van der Waals surface area contributed by atoms with Crippen molar-refractivity contribution in [1.82, 2.24) is 4.90 Å². The van der Waals surface area contributed by atoms with Crippen LogP contribution in [0.3, 0.4) is 0 Å². The number of hydrogen-bond donors (Lipinski definition) is 2. The molecule has 3 aromatic rings. The van der Waals surface area contributed by atoms with Crippen LogP contribution in [0.5, 0.6) is 0 Å². The molecule has 0 bridgehead atoms. The third kappa shape index (κ3) is 4.34. The third-order valence-electron chi connectivity index (χ3n) is 6.05. The minimum atomic E-state index is -1.20. The minimum Gasteiger partial charge on any atom is -0.480 e. The van der Waals surface area contributed by atoms with E-state index in [1.165, 1.54) is 26.1 Å². The van der Waals surface area contributed by atoms with Crippen LogP contribution in [0, 0.1) is 5.82 Å². The molecule has 2 N–H and O–H groups in total. The molecule has 7 nitrogen and oxygen atoms in total. The lowest BCUT2D eigenvalue weighted by atomic mass is 9.98. The van der Waals surface area contributed by atoms with E-state index in [9.17, 15) is 18.8 Å². The number of halogens is 1. The summed E-state index contributed by atoms with van der Waals surface area (Å²) in [6.07, 6.45) is -0.753. The number of benzene rings is 3. The molecule has 8 heteroatoms. The number of likely N-dealkylation sites (N-methyl/N-ethyl adjacent to an activating group) is 1. The first-order valence-electron chi connectivity index (χ1n) is 10.7. The maximum absolute atomic E-state index is 14.6. The van der Waals surface area contributed by atoms with E-state index in [-0.39, 0.29) is 23.8 Å². The topological polar surface area (TPSA) is 95.9 Å². The minimum absolute atomic E-state index is 0.108. The van der Waals surface area contributed by atoms with Crippen LogP contribution in [0.25, 0.3) is 11.1 Å². The zero-order valence-electron chi connectivity index (χ0n) is 18.6. The second-order valence-corrected chi connectivity index (χ2v) is 8.08. The van der Waals surface area contributed by atoms with Crippen LogP contribution >= 0.6 is 0 Å². The molecular formula is C26H23FN2O5. The highest BCUT2D eigenvalue weighted by Gasteiger charge is 2.29. The number of rotatable bonds is 6. The predicted molar refractivity (Wildman–Crippen MR) is 124 cm³/mol. The van der Waals surface area contributed by atoms with Crippen molar-refractivity contribution < 1.29 is 28.6 Å². The largest absolute Gasteiger partial charge is 0.480 e. The fourth-order valence-corrected chi connectivity index (χ4v) is 4.05. The molecule has 0 saturated heterocycles. The van der Waals surface area contributed by atoms with Crippen LogP contribution in [-0.2, 0) is 9.53 Å². The molecule has 1 aliphatic carbocycles. The second kappa shape index (κ2) is 9.35. The number of anilines is 1. The number of aliphatic carboxylic acids is 1. The number of nitrogens with one attached hydrogen (secondary N) is 1. The Bertz CT molecular complexity index is 1230. The van der Waals surface area contributed by atoms with Gasteiger partial charge < -0.3 is 14.7 Å². The van der Waals surface area contributed by atoms with Crippen molar-refractivity contribution in [3.05, 3.63) is 89.2 Å². The summed E-state index contributed by atoms with van der Waals surface area (Å²) in [5.74, 6) is -2.97. The highest BCUT2D eigenvalue weighted by molar-refractivity contribution is 5.97.